The largest absolute Gasteiger partial charge is 0.484 e. The molecule has 144 valence electrons. The molecule has 1 amide bonds. The summed E-state index contributed by atoms with van der Waals surface area (Å²) in [7, 11) is 2.17. The first-order valence-electron chi connectivity index (χ1n) is 9.89. The van der Waals surface area contributed by atoms with Gasteiger partial charge < -0.3 is 14.5 Å². The maximum atomic E-state index is 12.9. The van der Waals surface area contributed by atoms with Crippen molar-refractivity contribution in [2.24, 2.45) is 5.92 Å². The summed E-state index contributed by atoms with van der Waals surface area (Å²) in [6, 6.07) is 19.9. The molecule has 1 heterocycles. The minimum absolute atomic E-state index is 0.0722. The van der Waals surface area contributed by atoms with E-state index >= 15 is 0 Å². The van der Waals surface area contributed by atoms with Crippen LogP contribution in [0.1, 0.15) is 18.4 Å². The van der Waals surface area contributed by atoms with Gasteiger partial charge in [0.1, 0.15) is 5.75 Å². The van der Waals surface area contributed by atoms with Crippen LogP contribution >= 0.6 is 0 Å². The summed E-state index contributed by atoms with van der Waals surface area (Å²) >= 11 is 0. The molecule has 1 aliphatic heterocycles. The lowest BCUT2D eigenvalue weighted by molar-refractivity contribution is -0.134. The van der Waals surface area contributed by atoms with Crippen LogP contribution in [-0.4, -0.2) is 55.5 Å². The van der Waals surface area contributed by atoms with Gasteiger partial charge in [0.2, 0.25) is 0 Å². The van der Waals surface area contributed by atoms with Gasteiger partial charge >= 0.3 is 0 Å². The first kappa shape index (κ1) is 19.4. The Balaban J connectivity index is 1.59. The number of rotatable bonds is 8. The number of piperidine rings is 1. The van der Waals surface area contributed by atoms with E-state index in [2.05, 4.69) is 36.2 Å². The molecule has 0 radical (unpaired) electrons. The predicted octanol–water partition coefficient (Wildman–Crippen LogP) is 3.48. The van der Waals surface area contributed by atoms with Gasteiger partial charge in [0.25, 0.3) is 5.91 Å². The SMILES string of the molecule is CN1CCCC(CN(CCc2ccccc2)C(=O)COc2ccccc2)C1. The molecule has 0 saturated carbocycles. The van der Waals surface area contributed by atoms with Crippen LogP contribution in [0.25, 0.3) is 0 Å². The number of para-hydroxylation sites is 1. The summed E-state index contributed by atoms with van der Waals surface area (Å²) in [4.78, 5) is 17.2. The van der Waals surface area contributed by atoms with Crippen LogP contribution in [-0.2, 0) is 11.2 Å². The Labute approximate surface area is 162 Å². The molecule has 0 N–H and O–H groups in total. The highest BCUT2D eigenvalue weighted by atomic mass is 16.5. The molecule has 3 rings (SSSR count). The molecule has 1 unspecified atom stereocenters. The van der Waals surface area contributed by atoms with E-state index in [1.807, 2.05) is 41.3 Å². The van der Waals surface area contributed by atoms with E-state index in [-0.39, 0.29) is 12.5 Å². The third-order valence-corrected chi connectivity index (χ3v) is 5.17. The second kappa shape index (κ2) is 10.1. The minimum Gasteiger partial charge on any atom is -0.484 e. The van der Waals surface area contributed by atoms with E-state index in [4.69, 9.17) is 4.74 Å². The number of carbonyl (C=O) groups is 1. The summed E-state index contributed by atoms with van der Waals surface area (Å²) in [5.74, 6) is 1.36. The van der Waals surface area contributed by atoms with Crippen LogP contribution in [0.3, 0.4) is 0 Å². The zero-order chi connectivity index (χ0) is 18.9. The Morgan fingerprint density at radius 1 is 1.11 bits per heavy atom. The fourth-order valence-corrected chi connectivity index (χ4v) is 3.71. The fraction of sp³-hybridized carbons (Fsp3) is 0.435. The number of nitrogens with zero attached hydrogens (tertiary/aromatic N) is 2. The van der Waals surface area contributed by atoms with E-state index in [0.717, 1.165) is 38.3 Å². The molecule has 0 spiro atoms. The van der Waals surface area contributed by atoms with Gasteiger partial charge in [-0.1, -0.05) is 48.5 Å². The number of hydrogen-bond acceptors (Lipinski definition) is 3. The van der Waals surface area contributed by atoms with Crippen molar-refractivity contribution in [2.75, 3.05) is 39.8 Å². The Morgan fingerprint density at radius 2 is 1.81 bits per heavy atom. The van der Waals surface area contributed by atoms with Gasteiger partial charge in [-0.05, 0) is 56.5 Å². The maximum Gasteiger partial charge on any atom is 0.260 e. The molecule has 1 saturated heterocycles. The molecule has 4 heteroatoms. The molecule has 0 bridgehead atoms. The lowest BCUT2D eigenvalue weighted by Gasteiger charge is -2.34. The molecule has 1 fully saturated rings. The van der Waals surface area contributed by atoms with Crippen molar-refractivity contribution in [3.05, 3.63) is 66.2 Å². The number of benzene rings is 2. The average molecular weight is 367 g/mol. The van der Waals surface area contributed by atoms with Gasteiger partial charge in [-0.2, -0.15) is 0 Å². The van der Waals surface area contributed by atoms with Gasteiger partial charge in [-0.25, -0.2) is 0 Å². The molecule has 0 aliphatic carbocycles. The Kier molecular flexibility index (Phi) is 7.28. The van der Waals surface area contributed by atoms with Crippen molar-refractivity contribution in [3.63, 3.8) is 0 Å². The smallest absolute Gasteiger partial charge is 0.260 e. The predicted molar refractivity (Wildman–Crippen MR) is 109 cm³/mol. The van der Waals surface area contributed by atoms with Crippen LogP contribution < -0.4 is 4.74 Å². The Bertz CT molecular complexity index is 690. The average Bonchev–Trinajstić information content (AvgIpc) is 2.71. The second-order valence-electron chi connectivity index (χ2n) is 7.45. The molecular formula is C23H30N2O2. The lowest BCUT2D eigenvalue weighted by Crippen LogP contribution is -2.44. The van der Waals surface area contributed by atoms with Crippen molar-refractivity contribution in [1.82, 2.24) is 9.80 Å². The van der Waals surface area contributed by atoms with Gasteiger partial charge in [0.15, 0.2) is 6.61 Å². The maximum absolute atomic E-state index is 12.9. The minimum atomic E-state index is 0.0722. The van der Waals surface area contributed by atoms with Crippen molar-refractivity contribution >= 4 is 5.91 Å². The molecule has 2 aromatic carbocycles. The molecule has 1 atom stereocenters. The van der Waals surface area contributed by atoms with Crippen LogP contribution in [0, 0.1) is 5.92 Å². The molecule has 4 nitrogen and oxygen atoms in total. The van der Waals surface area contributed by atoms with E-state index < -0.39 is 0 Å². The monoisotopic (exact) mass is 366 g/mol. The zero-order valence-corrected chi connectivity index (χ0v) is 16.2. The van der Waals surface area contributed by atoms with Crippen molar-refractivity contribution in [2.45, 2.75) is 19.3 Å². The van der Waals surface area contributed by atoms with Crippen molar-refractivity contribution < 1.29 is 9.53 Å². The van der Waals surface area contributed by atoms with Gasteiger partial charge in [0, 0.05) is 19.6 Å². The molecule has 27 heavy (non-hydrogen) atoms. The fourth-order valence-electron chi connectivity index (χ4n) is 3.71. The van der Waals surface area contributed by atoms with Gasteiger partial charge in [-0.3, -0.25) is 4.79 Å². The number of hydrogen-bond donors (Lipinski definition) is 0. The van der Waals surface area contributed by atoms with Gasteiger partial charge in [0.05, 0.1) is 0 Å². The standard InChI is InChI=1S/C23H30N2O2/c1-24-15-8-11-21(17-24)18-25(16-14-20-9-4-2-5-10-20)23(26)19-27-22-12-6-3-7-13-22/h2-7,9-10,12-13,21H,8,11,14-19H2,1H3. The third kappa shape index (κ3) is 6.40. The molecule has 2 aromatic rings. The number of likely N-dealkylation sites (tertiary alicyclic amines) is 1. The first-order valence-corrected chi connectivity index (χ1v) is 9.89. The summed E-state index contributed by atoms with van der Waals surface area (Å²) in [5, 5.41) is 0. The lowest BCUT2D eigenvalue weighted by atomic mass is 9.97. The van der Waals surface area contributed by atoms with Crippen molar-refractivity contribution in [3.8, 4) is 5.75 Å². The summed E-state index contributed by atoms with van der Waals surface area (Å²) in [6.45, 7) is 3.87. The third-order valence-electron chi connectivity index (χ3n) is 5.17. The quantitative estimate of drug-likeness (QED) is 0.717. The highest BCUT2D eigenvalue weighted by Crippen LogP contribution is 2.17. The van der Waals surface area contributed by atoms with E-state index in [9.17, 15) is 4.79 Å². The van der Waals surface area contributed by atoms with E-state index in [1.165, 1.54) is 18.4 Å². The molecule has 0 aromatic heterocycles. The van der Waals surface area contributed by atoms with E-state index in [1.54, 1.807) is 0 Å². The van der Waals surface area contributed by atoms with Crippen molar-refractivity contribution in [1.29, 1.82) is 0 Å². The highest BCUT2D eigenvalue weighted by Gasteiger charge is 2.23. The van der Waals surface area contributed by atoms with Gasteiger partial charge in [-0.15, -0.1) is 0 Å². The Morgan fingerprint density at radius 3 is 2.52 bits per heavy atom. The number of amides is 1. The number of ether oxygens (including phenoxy) is 1. The van der Waals surface area contributed by atoms with Crippen LogP contribution in [0.2, 0.25) is 0 Å². The molecular weight excluding hydrogens is 336 g/mol. The summed E-state index contributed by atoms with van der Waals surface area (Å²) in [6.07, 6.45) is 3.28. The second-order valence-corrected chi connectivity index (χ2v) is 7.45. The van der Waals surface area contributed by atoms with Crippen LogP contribution in [0.4, 0.5) is 0 Å². The van der Waals surface area contributed by atoms with Crippen LogP contribution in [0.5, 0.6) is 5.75 Å². The first-order chi connectivity index (χ1) is 13.2. The topological polar surface area (TPSA) is 32.8 Å². The number of carbonyl (C=O) groups excluding carboxylic acids is 1. The highest BCUT2D eigenvalue weighted by molar-refractivity contribution is 5.77. The summed E-state index contributed by atoms with van der Waals surface area (Å²) < 4.78 is 5.71. The van der Waals surface area contributed by atoms with Crippen LogP contribution in [0.15, 0.2) is 60.7 Å². The zero-order valence-electron chi connectivity index (χ0n) is 16.2. The normalized spacial score (nSPS) is 17.4. The Hall–Kier alpha value is -2.33. The summed E-state index contributed by atoms with van der Waals surface area (Å²) in [5.41, 5.74) is 1.26. The molecule has 1 aliphatic rings. The van der Waals surface area contributed by atoms with E-state index in [0.29, 0.717) is 5.92 Å².